The zero-order valence-electron chi connectivity index (χ0n) is 28.6. The fraction of sp³-hybridized carbons (Fsp3) is 0.0625. The van der Waals surface area contributed by atoms with Crippen molar-refractivity contribution in [3.05, 3.63) is 187 Å². The van der Waals surface area contributed by atoms with Crippen molar-refractivity contribution in [2.24, 2.45) is 0 Å². The lowest BCUT2D eigenvalue weighted by Gasteiger charge is -2.21. The molecule has 0 atom stereocenters. The van der Waals surface area contributed by atoms with Gasteiger partial charge in [0, 0.05) is 22.1 Å². The van der Waals surface area contributed by atoms with Gasteiger partial charge < -0.3 is 0 Å². The second kappa shape index (κ2) is 12.5. The number of rotatable bonds is 6. The maximum atomic E-state index is 5.13. The van der Waals surface area contributed by atoms with Crippen molar-refractivity contribution in [3.63, 3.8) is 0 Å². The lowest BCUT2D eigenvalue weighted by atomic mass is 9.82. The van der Waals surface area contributed by atoms with E-state index in [4.69, 9.17) is 15.0 Å². The van der Waals surface area contributed by atoms with Crippen molar-refractivity contribution in [2.75, 3.05) is 0 Å². The van der Waals surface area contributed by atoms with Crippen molar-refractivity contribution in [3.8, 4) is 78.7 Å². The van der Waals surface area contributed by atoms with Gasteiger partial charge in [0.05, 0.1) is 0 Å². The van der Waals surface area contributed by atoms with Crippen LogP contribution >= 0.6 is 0 Å². The highest BCUT2D eigenvalue weighted by molar-refractivity contribution is 5.85. The first-order chi connectivity index (χ1) is 25.0. The molecule has 0 saturated heterocycles. The van der Waals surface area contributed by atoms with E-state index in [2.05, 4.69) is 172 Å². The van der Waals surface area contributed by atoms with Crippen molar-refractivity contribution >= 4 is 0 Å². The molecule has 3 nitrogen and oxygen atoms in total. The number of hydrogen-bond acceptors (Lipinski definition) is 3. The molecule has 1 aliphatic carbocycles. The Labute approximate surface area is 299 Å². The zero-order valence-corrected chi connectivity index (χ0v) is 28.6. The number of aromatic nitrogens is 3. The number of fused-ring (bicyclic) bond motifs is 3. The molecule has 0 N–H and O–H groups in total. The van der Waals surface area contributed by atoms with Crippen LogP contribution < -0.4 is 0 Å². The lowest BCUT2D eigenvalue weighted by molar-refractivity contribution is 0.660. The Morgan fingerprint density at radius 1 is 0.294 bits per heavy atom. The maximum Gasteiger partial charge on any atom is 0.164 e. The molecule has 1 aliphatic rings. The Kier molecular flexibility index (Phi) is 7.48. The van der Waals surface area contributed by atoms with Crippen LogP contribution in [-0.2, 0) is 5.41 Å². The first kappa shape index (κ1) is 30.6. The summed E-state index contributed by atoms with van der Waals surface area (Å²) in [5.41, 5.74) is 15.1. The van der Waals surface area contributed by atoms with E-state index >= 15 is 0 Å². The van der Waals surface area contributed by atoms with E-state index < -0.39 is 0 Å². The minimum absolute atomic E-state index is 0.0118. The van der Waals surface area contributed by atoms with Crippen LogP contribution in [0.1, 0.15) is 25.0 Å². The largest absolute Gasteiger partial charge is 0.208 e. The van der Waals surface area contributed by atoms with Gasteiger partial charge in [-0.2, -0.15) is 0 Å². The fourth-order valence-electron chi connectivity index (χ4n) is 7.48. The topological polar surface area (TPSA) is 38.7 Å². The molecule has 0 unspecified atom stereocenters. The Balaban J connectivity index is 1.15. The zero-order chi connectivity index (χ0) is 34.4. The summed E-state index contributed by atoms with van der Waals surface area (Å²) in [6, 6.07) is 61.9. The number of hydrogen-bond donors (Lipinski definition) is 0. The highest BCUT2D eigenvalue weighted by Crippen LogP contribution is 2.49. The minimum Gasteiger partial charge on any atom is -0.208 e. The van der Waals surface area contributed by atoms with E-state index in [-0.39, 0.29) is 5.41 Å². The second-order valence-electron chi connectivity index (χ2n) is 13.7. The molecule has 1 heterocycles. The first-order valence-corrected chi connectivity index (χ1v) is 17.4. The highest BCUT2D eigenvalue weighted by Gasteiger charge is 2.35. The molecule has 7 aromatic carbocycles. The Bertz CT molecular complexity index is 2530. The van der Waals surface area contributed by atoms with Crippen LogP contribution in [0, 0.1) is 0 Å². The van der Waals surface area contributed by atoms with Crippen LogP contribution in [0.15, 0.2) is 176 Å². The van der Waals surface area contributed by atoms with Crippen molar-refractivity contribution in [1.82, 2.24) is 15.0 Å². The molecule has 0 radical (unpaired) electrons. The molecule has 0 amide bonds. The van der Waals surface area contributed by atoms with E-state index in [9.17, 15) is 0 Å². The smallest absolute Gasteiger partial charge is 0.164 e. The van der Waals surface area contributed by atoms with Gasteiger partial charge in [0.2, 0.25) is 0 Å². The van der Waals surface area contributed by atoms with Gasteiger partial charge in [-0.15, -0.1) is 0 Å². The number of benzene rings is 7. The van der Waals surface area contributed by atoms with E-state index in [0.717, 1.165) is 44.5 Å². The lowest BCUT2D eigenvalue weighted by Crippen LogP contribution is -2.14. The van der Waals surface area contributed by atoms with Gasteiger partial charge in [0.25, 0.3) is 0 Å². The minimum atomic E-state index is -0.0118. The normalized spacial score (nSPS) is 12.7. The third kappa shape index (κ3) is 5.53. The molecule has 9 rings (SSSR count). The summed E-state index contributed by atoms with van der Waals surface area (Å²) in [4.78, 5) is 15.4. The summed E-state index contributed by atoms with van der Waals surface area (Å²) in [7, 11) is 0. The molecule has 0 fully saturated rings. The van der Waals surface area contributed by atoms with Crippen LogP contribution in [0.5, 0.6) is 0 Å². The molecule has 0 aliphatic heterocycles. The molecule has 51 heavy (non-hydrogen) atoms. The van der Waals surface area contributed by atoms with Gasteiger partial charge in [-0.25, -0.2) is 15.0 Å². The quantitative estimate of drug-likeness (QED) is 0.179. The molecule has 0 spiro atoms. The SMILES string of the molecule is CC1(C)c2ccccc2-c2cc(-c3ccc(-c4nc(-c5cccc(-c6ccccc6)c5)nc(-c5ccccc5-c5ccccc5)n4)cc3)ccc21. The molecule has 0 saturated carbocycles. The predicted octanol–water partition coefficient (Wildman–Crippen LogP) is 12.2. The Morgan fingerprint density at radius 3 is 1.51 bits per heavy atom. The standard InChI is InChI=1S/C48H35N3/c1-48(2)43-23-12-11-21-40(43)42-31-37(28-29-44(42)48)33-24-26-35(27-25-33)45-49-46(38-19-13-18-36(30-38)32-14-5-3-6-15-32)51-47(50-45)41-22-10-9-20-39(41)34-16-7-4-8-17-34/h3-31H,1-2H3. The van der Waals surface area contributed by atoms with Crippen molar-refractivity contribution in [2.45, 2.75) is 19.3 Å². The third-order valence-corrected chi connectivity index (χ3v) is 10.2. The first-order valence-electron chi connectivity index (χ1n) is 17.4. The van der Waals surface area contributed by atoms with E-state index in [0.29, 0.717) is 17.5 Å². The van der Waals surface area contributed by atoms with Gasteiger partial charge in [-0.1, -0.05) is 178 Å². The summed E-state index contributed by atoms with van der Waals surface area (Å²) in [5.74, 6) is 1.92. The van der Waals surface area contributed by atoms with Gasteiger partial charge in [0.15, 0.2) is 17.5 Å². The molecule has 3 heteroatoms. The van der Waals surface area contributed by atoms with Crippen LogP contribution in [0.4, 0.5) is 0 Å². The monoisotopic (exact) mass is 653 g/mol. The molecular weight excluding hydrogens is 619 g/mol. The summed E-state index contributed by atoms with van der Waals surface area (Å²) in [6.45, 7) is 4.64. The average molecular weight is 654 g/mol. The van der Waals surface area contributed by atoms with Crippen LogP contribution in [-0.4, -0.2) is 15.0 Å². The van der Waals surface area contributed by atoms with Crippen molar-refractivity contribution < 1.29 is 0 Å². The molecule has 1 aromatic heterocycles. The molecule has 0 bridgehead atoms. The highest BCUT2D eigenvalue weighted by atomic mass is 15.0. The van der Waals surface area contributed by atoms with Crippen LogP contribution in [0.3, 0.4) is 0 Å². The average Bonchev–Trinajstić information content (AvgIpc) is 3.44. The predicted molar refractivity (Wildman–Crippen MR) is 210 cm³/mol. The van der Waals surface area contributed by atoms with Crippen molar-refractivity contribution in [1.29, 1.82) is 0 Å². The maximum absolute atomic E-state index is 5.13. The van der Waals surface area contributed by atoms with Crippen LogP contribution in [0.25, 0.3) is 78.7 Å². The molecular formula is C48H35N3. The summed E-state index contributed by atoms with van der Waals surface area (Å²) in [6.07, 6.45) is 0. The van der Waals surface area contributed by atoms with Gasteiger partial charge in [-0.05, 0) is 67.8 Å². The Morgan fingerprint density at radius 2 is 0.765 bits per heavy atom. The fourth-order valence-corrected chi connectivity index (χ4v) is 7.48. The van der Waals surface area contributed by atoms with E-state index in [1.807, 2.05) is 18.2 Å². The Hall–Kier alpha value is -6.45. The van der Waals surface area contributed by atoms with E-state index in [1.54, 1.807) is 0 Å². The van der Waals surface area contributed by atoms with Crippen LogP contribution in [0.2, 0.25) is 0 Å². The van der Waals surface area contributed by atoms with Gasteiger partial charge in [-0.3, -0.25) is 0 Å². The summed E-state index contributed by atoms with van der Waals surface area (Å²) >= 11 is 0. The summed E-state index contributed by atoms with van der Waals surface area (Å²) < 4.78 is 0. The van der Waals surface area contributed by atoms with E-state index in [1.165, 1.54) is 27.8 Å². The molecule has 8 aromatic rings. The summed E-state index contributed by atoms with van der Waals surface area (Å²) in [5, 5.41) is 0. The van der Waals surface area contributed by atoms with Gasteiger partial charge >= 0.3 is 0 Å². The third-order valence-electron chi connectivity index (χ3n) is 10.2. The molecule has 242 valence electrons. The second-order valence-corrected chi connectivity index (χ2v) is 13.7. The number of nitrogens with zero attached hydrogens (tertiary/aromatic N) is 3. The van der Waals surface area contributed by atoms with Gasteiger partial charge in [0.1, 0.15) is 0 Å².